The zero-order valence-electron chi connectivity index (χ0n) is 16.7. The molecule has 1 heterocycles. The first-order valence-electron chi connectivity index (χ1n) is 10.0. The molecular formula is C26H19ClN2OS. The summed E-state index contributed by atoms with van der Waals surface area (Å²) in [5, 5.41) is 3.59. The summed E-state index contributed by atoms with van der Waals surface area (Å²) in [5.41, 5.74) is 2.93. The largest absolute Gasteiger partial charge is 0.283 e. The molecule has 0 atom stereocenters. The minimum atomic E-state index is 0.0189. The molecule has 0 saturated carbocycles. The Labute approximate surface area is 189 Å². The van der Waals surface area contributed by atoms with E-state index in [1.54, 1.807) is 4.90 Å². The molecule has 5 aromatic rings. The van der Waals surface area contributed by atoms with Crippen LogP contribution in [0.25, 0.3) is 21.0 Å². The summed E-state index contributed by atoms with van der Waals surface area (Å²) in [6.45, 7) is 0.470. The zero-order chi connectivity index (χ0) is 21.2. The number of hydrogen-bond acceptors (Lipinski definition) is 3. The molecule has 0 N–H and O–H groups in total. The number of rotatable bonds is 5. The van der Waals surface area contributed by atoms with Gasteiger partial charge < -0.3 is 0 Å². The molecule has 0 aliphatic carbocycles. The lowest BCUT2D eigenvalue weighted by Crippen LogP contribution is -2.31. The van der Waals surface area contributed by atoms with E-state index in [-0.39, 0.29) is 5.91 Å². The van der Waals surface area contributed by atoms with Gasteiger partial charge in [0.15, 0.2) is 5.13 Å². The highest BCUT2D eigenvalue weighted by Crippen LogP contribution is 2.32. The van der Waals surface area contributed by atoms with E-state index in [4.69, 9.17) is 16.6 Å². The number of benzene rings is 4. The highest BCUT2D eigenvalue weighted by atomic mass is 35.5. The molecule has 0 aliphatic heterocycles. The van der Waals surface area contributed by atoms with Gasteiger partial charge in [-0.25, -0.2) is 4.98 Å². The monoisotopic (exact) mass is 442 g/mol. The number of anilines is 1. The van der Waals surface area contributed by atoms with Crippen molar-refractivity contribution in [3.8, 4) is 0 Å². The van der Waals surface area contributed by atoms with Crippen molar-refractivity contribution in [1.29, 1.82) is 0 Å². The van der Waals surface area contributed by atoms with Crippen LogP contribution in [0.3, 0.4) is 0 Å². The molecule has 5 rings (SSSR count). The SMILES string of the molecule is O=C(Cc1cccc2ccccc12)N(Cc1ccccc1)c1nc2ccc(Cl)cc2s1. The molecule has 1 aromatic heterocycles. The van der Waals surface area contributed by atoms with Crippen molar-refractivity contribution >= 4 is 55.0 Å². The van der Waals surface area contributed by atoms with E-state index in [0.29, 0.717) is 23.1 Å². The molecule has 0 unspecified atom stereocenters. The van der Waals surface area contributed by atoms with E-state index in [1.807, 2.05) is 72.8 Å². The van der Waals surface area contributed by atoms with E-state index in [1.165, 1.54) is 11.3 Å². The van der Waals surface area contributed by atoms with Gasteiger partial charge in [-0.05, 0) is 40.1 Å². The van der Waals surface area contributed by atoms with E-state index >= 15 is 0 Å². The molecule has 5 heteroatoms. The van der Waals surface area contributed by atoms with Gasteiger partial charge in [0.05, 0.1) is 23.2 Å². The number of nitrogens with zero attached hydrogens (tertiary/aromatic N) is 2. The molecule has 1 amide bonds. The summed E-state index contributed by atoms with van der Waals surface area (Å²) in [6, 6.07) is 29.9. The first-order chi connectivity index (χ1) is 15.2. The summed E-state index contributed by atoms with van der Waals surface area (Å²) in [5.74, 6) is 0.0189. The standard InChI is InChI=1S/C26H19ClN2OS/c27-21-13-14-23-24(16-21)31-26(28-23)29(17-18-7-2-1-3-8-18)25(30)15-20-11-6-10-19-9-4-5-12-22(19)20/h1-14,16H,15,17H2. The lowest BCUT2D eigenvalue weighted by Gasteiger charge is -2.20. The fourth-order valence-electron chi connectivity index (χ4n) is 3.74. The molecular weight excluding hydrogens is 424 g/mol. The van der Waals surface area contributed by atoms with Gasteiger partial charge in [-0.3, -0.25) is 9.69 Å². The maximum atomic E-state index is 13.6. The lowest BCUT2D eigenvalue weighted by molar-refractivity contribution is -0.118. The molecule has 0 aliphatic rings. The van der Waals surface area contributed by atoms with Crippen molar-refractivity contribution in [2.24, 2.45) is 0 Å². The second kappa shape index (κ2) is 8.50. The molecule has 3 nitrogen and oxygen atoms in total. The van der Waals surface area contributed by atoms with Crippen LogP contribution >= 0.6 is 22.9 Å². The van der Waals surface area contributed by atoms with Gasteiger partial charge >= 0.3 is 0 Å². The molecule has 31 heavy (non-hydrogen) atoms. The number of carbonyl (C=O) groups excluding carboxylic acids is 1. The van der Waals surface area contributed by atoms with Crippen molar-refractivity contribution in [1.82, 2.24) is 4.98 Å². The topological polar surface area (TPSA) is 33.2 Å². The second-order valence-corrected chi connectivity index (χ2v) is 8.83. The maximum absolute atomic E-state index is 13.6. The molecule has 0 bridgehead atoms. The summed E-state index contributed by atoms with van der Waals surface area (Å²) in [4.78, 5) is 20.1. The number of amides is 1. The third-order valence-corrected chi connectivity index (χ3v) is 6.55. The smallest absolute Gasteiger partial charge is 0.233 e. The number of hydrogen-bond donors (Lipinski definition) is 0. The van der Waals surface area contributed by atoms with Gasteiger partial charge in [0.2, 0.25) is 5.91 Å². The van der Waals surface area contributed by atoms with Crippen LogP contribution in [0, 0.1) is 0 Å². The van der Waals surface area contributed by atoms with Gasteiger partial charge in [0, 0.05) is 5.02 Å². The predicted octanol–water partition coefficient (Wildman–Crippen LogP) is 6.88. The van der Waals surface area contributed by atoms with Gasteiger partial charge in [0.1, 0.15) is 0 Å². The highest BCUT2D eigenvalue weighted by Gasteiger charge is 2.21. The van der Waals surface area contributed by atoms with Crippen molar-refractivity contribution in [3.63, 3.8) is 0 Å². The molecule has 0 fully saturated rings. The first kappa shape index (κ1) is 19.7. The average molecular weight is 443 g/mol. The van der Waals surface area contributed by atoms with Gasteiger partial charge in [-0.2, -0.15) is 0 Å². The van der Waals surface area contributed by atoms with Crippen LogP contribution < -0.4 is 4.90 Å². The molecule has 152 valence electrons. The predicted molar refractivity (Wildman–Crippen MR) is 130 cm³/mol. The van der Waals surface area contributed by atoms with Gasteiger partial charge in [0.25, 0.3) is 0 Å². The van der Waals surface area contributed by atoms with Gasteiger partial charge in [-0.1, -0.05) is 95.7 Å². The van der Waals surface area contributed by atoms with Crippen LogP contribution in [0.2, 0.25) is 5.02 Å². The number of aromatic nitrogens is 1. The fraction of sp³-hybridized carbons (Fsp3) is 0.0769. The summed E-state index contributed by atoms with van der Waals surface area (Å²) < 4.78 is 0.971. The van der Waals surface area contributed by atoms with Crippen LogP contribution in [-0.2, 0) is 17.8 Å². The van der Waals surface area contributed by atoms with E-state index in [2.05, 4.69) is 18.2 Å². The Hall–Kier alpha value is -3.21. The number of fused-ring (bicyclic) bond motifs is 2. The average Bonchev–Trinajstić information content (AvgIpc) is 3.21. The van der Waals surface area contributed by atoms with Crippen molar-refractivity contribution < 1.29 is 4.79 Å². The van der Waals surface area contributed by atoms with Crippen LogP contribution in [-0.4, -0.2) is 10.9 Å². The lowest BCUT2D eigenvalue weighted by atomic mass is 10.0. The molecule has 0 radical (unpaired) electrons. The van der Waals surface area contributed by atoms with Crippen LogP contribution in [0.15, 0.2) is 91.0 Å². The highest BCUT2D eigenvalue weighted by molar-refractivity contribution is 7.22. The van der Waals surface area contributed by atoms with Gasteiger partial charge in [-0.15, -0.1) is 0 Å². The number of carbonyl (C=O) groups is 1. The third-order valence-electron chi connectivity index (χ3n) is 5.28. The van der Waals surface area contributed by atoms with Crippen molar-refractivity contribution in [2.45, 2.75) is 13.0 Å². The van der Waals surface area contributed by atoms with Crippen LogP contribution in [0.4, 0.5) is 5.13 Å². The molecule has 0 spiro atoms. The number of halogens is 1. The Balaban J connectivity index is 1.53. The van der Waals surface area contributed by atoms with Crippen molar-refractivity contribution in [2.75, 3.05) is 4.90 Å². The fourth-order valence-corrected chi connectivity index (χ4v) is 4.99. The van der Waals surface area contributed by atoms with Crippen molar-refractivity contribution in [3.05, 3.63) is 107 Å². The summed E-state index contributed by atoms with van der Waals surface area (Å²) >= 11 is 7.65. The molecule has 0 saturated heterocycles. The zero-order valence-corrected chi connectivity index (χ0v) is 18.2. The van der Waals surface area contributed by atoms with E-state index < -0.39 is 0 Å². The summed E-state index contributed by atoms with van der Waals surface area (Å²) in [7, 11) is 0. The third kappa shape index (κ3) is 4.18. The second-order valence-electron chi connectivity index (χ2n) is 7.39. The summed E-state index contributed by atoms with van der Waals surface area (Å²) in [6.07, 6.45) is 0.310. The first-order valence-corrected chi connectivity index (χ1v) is 11.2. The minimum Gasteiger partial charge on any atom is -0.283 e. The Morgan fingerprint density at radius 3 is 2.55 bits per heavy atom. The van der Waals surface area contributed by atoms with E-state index in [9.17, 15) is 4.79 Å². The quantitative estimate of drug-likeness (QED) is 0.297. The molecule has 4 aromatic carbocycles. The van der Waals surface area contributed by atoms with Crippen LogP contribution in [0.1, 0.15) is 11.1 Å². The Bertz CT molecular complexity index is 1380. The maximum Gasteiger partial charge on any atom is 0.233 e. The van der Waals surface area contributed by atoms with E-state index in [0.717, 1.165) is 32.1 Å². The number of thiazole rings is 1. The Morgan fingerprint density at radius 1 is 0.903 bits per heavy atom. The minimum absolute atomic E-state index is 0.0189. The van der Waals surface area contributed by atoms with Crippen LogP contribution in [0.5, 0.6) is 0 Å². The Morgan fingerprint density at radius 2 is 1.68 bits per heavy atom. The normalized spacial score (nSPS) is 11.1. The Kier molecular flexibility index (Phi) is 5.41.